The van der Waals surface area contributed by atoms with E-state index in [-0.39, 0.29) is 11.4 Å². The van der Waals surface area contributed by atoms with E-state index in [9.17, 15) is 8.42 Å². The summed E-state index contributed by atoms with van der Waals surface area (Å²) in [4.78, 5) is 4.29. The molecular formula is C13H18N4O3S. The molecule has 8 heteroatoms. The molecule has 1 heterocycles. The van der Waals surface area contributed by atoms with Crippen LogP contribution in [0.4, 0.5) is 5.69 Å². The van der Waals surface area contributed by atoms with Gasteiger partial charge in [0.05, 0.1) is 4.90 Å². The number of aromatic nitrogens is 2. The summed E-state index contributed by atoms with van der Waals surface area (Å²) < 4.78 is 32.1. The van der Waals surface area contributed by atoms with Gasteiger partial charge in [0, 0.05) is 25.6 Å². The molecule has 114 valence electrons. The van der Waals surface area contributed by atoms with Gasteiger partial charge >= 0.3 is 0 Å². The number of anilines is 1. The summed E-state index contributed by atoms with van der Waals surface area (Å²) >= 11 is 0. The monoisotopic (exact) mass is 310 g/mol. The van der Waals surface area contributed by atoms with Crippen LogP contribution in [0.3, 0.4) is 0 Å². The van der Waals surface area contributed by atoms with Crippen molar-refractivity contribution in [1.29, 1.82) is 0 Å². The number of hydrogen-bond acceptors (Lipinski definition) is 6. The lowest BCUT2D eigenvalue weighted by molar-refractivity contribution is 0.387. The van der Waals surface area contributed by atoms with Crippen molar-refractivity contribution in [3.8, 4) is 0 Å². The van der Waals surface area contributed by atoms with Crippen LogP contribution < -0.4 is 10.5 Å². The molecule has 21 heavy (non-hydrogen) atoms. The normalized spacial score (nSPS) is 11.8. The third-order valence-electron chi connectivity index (χ3n) is 2.96. The molecule has 0 saturated carbocycles. The molecule has 0 unspecified atom stereocenters. The average Bonchev–Trinajstić information content (AvgIpc) is 2.72. The van der Waals surface area contributed by atoms with Crippen molar-refractivity contribution in [2.24, 2.45) is 0 Å². The van der Waals surface area contributed by atoms with E-state index in [1.54, 1.807) is 32.9 Å². The van der Waals surface area contributed by atoms with E-state index >= 15 is 0 Å². The number of nitrogens with two attached hydrogens (primary N) is 1. The highest BCUT2D eigenvalue weighted by atomic mass is 32.2. The van der Waals surface area contributed by atoms with Crippen molar-refractivity contribution in [1.82, 2.24) is 14.9 Å². The Kier molecular flexibility index (Phi) is 4.29. The number of benzene rings is 1. The summed E-state index contributed by atoms with van der Waals surface area (Å²) in [5.74, 6) is 0.930. The first-order valence-electron chi connectivity index (χ1n) is 6.45. The third kappa shape index (κ3) is 3.59. The SMILES string of the molecule is Cc1nc(CCNS(=O)(=O)c2c(C)cc(N)cc2C)no1. The minimum absolute atomic E-state index is 0.199. The summed E-state index contributed by atoms with van der Waals surface area (Å²) in [6.07, 6.45) is 0.365. The van der Waals surface area contributed by atoms with E-state index in [4.69, 9.17) is 10.3 Å². The van der Waals surface area contributed by atoms with Gasteiger partial charge in [-0.1, -0.05) is 5.16 Å². The highest BCUT2D eigenvalue weighted by Crippen LogP contribution is 2.22. The molecule has 0 aliphatic heterocycles. The fourth-order valence-electron chi connectivity index (χ4n) is 2.22. The van der Waals surface area contributed by atoms with Gasteiger partial charge in [0.15, 0.2) is 5.82 Å². The van der Waals surface area contributed by atoms with Gasteiger partial charge < -0.3 is 10.3 Å². The third-order valence-corrected chi connectivity index (χ3v) is 4.73. The van der Waals surface area contributed by atoms with Crippen LogP contribution in [0.1, 0.15) is 22.8 Å². The first-order valence-corrected chi connectivity index (χ1v) is 7.93. The van der Waals surface area contributed by atoms with Crippen LogP contribution in [-0.4, -0.2) is 25.1 Å². The zero-order valence-corrected chi connectivity index (χ0v) is 13.0. The Labute approximate surface area is 123 Å². The minimum atomic E-state index is -3.59. The zero-order valence-electron chi connectivity index (χ0n) is 12.2. The Hall–Kier alpha value is -1.93. The quantitative estimate of drug-likeness (QED) is 0.800. The van der Waals surface area contributed by atoms with Crippen molar-refractivity contribution in [3.05, 3.63) is 35.0 Å². The number of aryl methyl sites for hydroxylation is 3. The maximum absolute atomic E-state index is 12.4. The maximum atomic E-state index is 12.4. The molecule has 0 aliphatic rings. The average molecular weight is 310 g/mol. The van der Waals surface area contributed by atoms with E-state index in [0.29, 0.717) is 35.0 Å². The van der Waals surface area contributed by atoms with Crippen LogP contribution in [0, 0.1) is 20.8 Å². The van der Waals surface area contributed by atoms with Crippen molar-refractivity contribution >= 4 is 15.7 Å². The van der Waals surface area contributed by atoms with Crippen LogP contribution in [0.5, 0.6) is 0 Å². The van der Waals surface area contributed by atoms with Gasteiger partial charge in [0.1, 0.15) is 0 Å². The fraction of sp³-hybridized carbons (Fsp3) is 0.385. The van der Waals surface area contributed by atoms with Gasteiger partial charge in [0.25, 0.3) is 0 Å². The number of nitrogens with one attached hydrogen (secondary N) is 1. The Morgan fingerprint density at radius 1 is 1.24 bits per heavy atom. The molecule has 1 aromatic heterocycles. The van der Waals surface area contributed by atoms with E-state index in [1.807, 2.05) is 0 Å². The molecule has 2 aromatic rings. The predicted octanol–water partition coefficient (Wildman–Crippen LogP) is 1.10. The second-order valence-electron chi connectivity index (χ2n) is 4.86. The smallest absolute Gasteiger partial charge is 0.241 e. The molecule has 0 amide bonds. The van der Waals surface area contributed by atoms with Crippen LogP contribution in [0.2, 0.25) is 0 Å². The lowest BCUT2D eigenvalue weighted by Gasteiger charge is -2.12. The number of rotatable bonds is 5. The van der Waals surface area contributed by atoms with E-state index < -0.39 is 10.0 Å². The minimum Gasteiger partial charge on any atom is -0.399 e. The van der Waals surface area contributed by atoms with Crippen molar-refractivity contribution < 1.29 is 12.9 Å². The van der Waals surface area contributed by atoms with E-state index in [2.05, 4.69) is 14.9 Å². The Bertz CT molecular complexity index is 730. The maximum Gasteiger partial charge on any atom is 0.241 e. The Morgan fingerprint density at radius 3 is 2.38 bits per heavy atom. The zero-order chi connectivity index (χ0) is 15.6. The number of nitrogens with zero attached hydrogens (tertiary/aromatic N) is 2. The molecule has 0 saturated heterocycles. The van der Waals surface area contributed by atoms with Crippen molar-refractivity contribution in [2.75, 3.05) is 12.3 Å². The molecule has 0 aliphatic carbocycles. The van der Waals surface area contributed by atoms with E-state index in [1.165, 1.54) is 0 Å². The molecule has 2 rings (SSSR count). The molecule has 0 atom stereocenters. The molecule has 0 bridgehead atoms. The highest BCUT2D eigenvalue weighted by Gasteiger charge is 2.19. The number of nitrogen functional groups attached to an aromatic ring is 1. The Balaban J connectivity index is 2.12. The molecule has 0 spiro atoms. The van der Waals surface area contributed by atoms with Crippen LogP contribution in [-0.2, 0) is 16.4 Å². The number of hydrogen-bond donors (Lipinski definition) is 2. The first-order chi connectivity index (χ1) is 9.79. The molecular weight excluding hydrogens is 292 g/mol. The highest BCUT2D eigenvalue weighted by molar-refractivity contribution is 7.89. The summed E-state index contributed by atoms with van der Waals surface area (Å²) in [5, 5.41) is 3.72. The van der Waals surface area contributed by atoms with Gasteiger partial charge in [-0.3, -0.25) is 0 Å². The number of sulfonamides is 1. The summed E-state index contributed by atoms with van der Waals surface area (Å²) in [5.41, 5.74) is 7.50. The van der Waals surface area contributed by atoms with Gasteiger partial charge in [-0.15, -0.1) is 0 Å². The van der Waals surface area contributed by atoms with Crippen LogP contribution in [0.25, 0.3) is 0 Å². The first kappa shape index (κ1) is 15.5. The molecule has 0 radical (unpaired) electrons. The van der Waals surface area contributed by atoms with Crippen LogP contribution >= 0.6 is 0 Å². The lowest BCUT2D eigenvalue weighted by Crippen LogP contribution is -2.27. The summed E-state index contributed by atoms with van der Waals surface area (Å²) in [6, 6.07) is 3.29. The summed E-state index contributed by atoms with van der Waals surface area (Å²) in [6.45, 7) is 5.33. The molecule has 1 aromatic carbocycles. The van der Waals surface area contributed by atoms with Gasteiger partial charge in [-0.05, 0) is 37.1 Å². The fourth-order valence-corrected chi connectivity index (χ4v) is 3.70. The lowest BCUT2D eigenvalue weighted by atomic mass is 10.1. The second-order valence-corrected chi connectivity index (χ2v) is 6.57. The van der Waals surface area contributed by atoms with Crippen molar-refractivity contribution in [3.63, 3.8) is 0 Å². The standard InChI is InChI=1S/C13H18N4O3S/c1-8-6-11(14)7-9(2)13(8)21(18,19)15-5-4-12-16-10(3)20-17-12/h6-7,15H,4-5,14H2,1-3H3. The summed E-state index contributed by atoms with van der Waals surface area (Å²) in [7, 11) is -3.59. The van der Waals surface area contributed by atoms with Gasteiger partial charge in [0.2, 0.25) is 15.9 Å². The molecule has 3 N–H and O–H groups in total. The molecule has 7 nitrogen and oxygen atoms in total. The topological polar surface area (TPSA) is 111 Å². The van der Waals surface area contributed by atoms with E-state index in [0.717, 1.165) is 0 Å². The van der Waals surface area contributed by atoms with Gasteiger partial charge in [-0.25, -0.2) is 13.1 Å². The van der Waals surface area contributed by atoms with Crippen molar-refractivity contribution in [2.45, 2.75) is 32.1 Å². The second kappa shape index (κ2) is 5.82. The predicted molar refractivity (Wildman–Crippen MR) is 78.3 cm³/mol. The largest absolute Gasteiger partial charge is 0.399 e. The van der Waals surface area contributed by atoms with Crippen LogP contribution in [0.15, 0.2) is 21.6 Å². The Morgan fingerprint density at radius 2 is 1.86 bits per heavy atom. The van der Waals surface area contributed by atoms with Gasteiger partial charge in [-0.2, -0.15) is 4.98 Å². The molecule has 0 fully saturated rings.